The summed E-state index contributed by atoms with van der Waals surface area (Å²) in [6, 6.07) is 1.97. The SMILES string of the molecule is Cc1nc2sccn2c1S.NCCc1c[nH]c2ccncc12. The summed E-state index contributed by atoms with van der Waals surface area (Å²) < 4.78 is 1.98. The molecule has 3 N–H and O–H groups in total. The highest BCUT2D eigenvalue weighted by Crippen LogP contribution is 2.19. The first-order valence-electron chi connectivity index (χ1n) is 6.92. The summed E-state index contributed by atoms with van der Waals surface area (Å²) in [5.74, 6) is 0. The molecule has 4 aromatic heterocycles. The van der Waals surface area contributed by atoms with Gasteiger partial charge in [-0.2, -0.15) is 0 Å². The molecule has 4 aromatic rings. The van der Waals surface area contributed by atoms with Crippen LogP contribution in [0.3, 0.4) is 0 Å². The molecule has 0 unspecified atom stereocenters. The van der Waals surface area contributed by atoms with Crippen molar-refractivity contribution >= 4 is 39.8 Å². The zero-order chi connectivity index (χ0) is 15.5. The maximum atomic E-state index is 5.48. The summed E-state index contributed by atoms with van der Waals surface area (Å²) >= 11 is 5.91. The van der Waals surface area contributed by atoms with Crippen LogP contribution in [-0.4, -0.2) is 25.9 Å². The van der Waals surface area contributed by atoms with Gasteiger partial charge in [-0.3, -0.25) is 9.38 Å². The van der Waals surface area contributed by atoms with Crippen molar-refractivity contribution in [2.24, 2.45) is 5.73 Å². The molecule has 22 heavy (non-hydrogen) atoms. The number of aromatic amines is 1. The predicted octanol–water partition coefficient (Wildman–Crippen LogP) is 3.06. The lowest BCUT2D eigenvalue weighted by Crippen LogP contribution is -2.01. The van der Waals surface area contributed by atoms with E-state index in [-0.39, 0.29) is 0 Å². The standard InChI is InChI=1S/C9H11N3.C6H6N2S2/c10-3-1-7-5-12-9-2-4-11-6-8(7)9;1-4-5(9)8-2-3-10-6(8)7-4/h2,4-6,12H,1,3,10H2;2-3,9H,1H3. The van der Waals surface area contributed by atoms with Crippen molar-refractivity contribution in [3.63, 3.8) is 0 Å². The van der Waals surface area contributed by atoms with Gasteiger partial charge >= 0.3 is 0 Å². The number of nitrogens with two attached hydrogens (primary N) is 1. The number of thiazole rings is 1. The average Bonchev–Trinajstić information content (AvgIpc) is 3.20. The molecule has 0 saturated heterocycles. The van der Waals surface area contributed by atoms with E-state index in [9.17, 15) is 0 Å². The van der Waals surface area contributed by atoms with Gasteiger partial charge in [0, 0.05) is 41.1 Å². The van der Waals surface area contributed by atoms with Crippen molar-refractivity contribution in [2.75, 3.05) is 6.54 Å². The maximum absolute atomic E-state index is 5.48. The van der Waals surface area contributed by atoms with Crippen molar-refractivity contribution in [1.29, 1.82) is 0 Å². The normalized spacial score (nSPS) is 10.9. The molecule has 0 saturated carbocycles. The molecule has 0 bridgehead atoms. The van der Waals surface area contributed by atoms with E-state index >= 15 is 0 Å². The average molecular weight is 331 g/mol. The van der Waals surface area contributed by atoms with Gasteiger partial charge in [0.15, 0.2) is 4.96 Å². The lowest BCUT2D eigenvalue weighted by atomic mass is 10.2. The van der Waals surface area contributed by atoms with E-state index in [1.807, 2.05) is 41.4 Å². The van der Waals surface area contributed by atoms with E-state index in [2.05, 4.69) is 27.6 Å². The Kier molecular flexibility index (Phi) is 4.47. The van der Waals surface area contributed by atoms with Gasteiger partial charge in [-0.25, -0.2) is 4.98 Å². The Balaban J connectivity index is 0.000000133. The van der Waals surface area contributed by atoms with E-state index in [0.717, 1.165) is 27.6 Å². The van der Waals surface area contributed by atoms with E-state index in [0.29, 0.717) is 6.54 Å². The minimum Gasteiger partial charge on any atom is -0.361 e. The van der Waals surface area contributed by atoms with Gasteiger partial charge < -0.3 is 10.7 Å². The predicted molar refractivity (Wildman–Crippen MR) is 93.9 cm³/mol. The van der Waals surface area contributed by atoms with Gasteiger partial charge in [0.1, 0.15) is 0 Å². The summed E-state index contributed by atoms with van der Waals surface area (Å²) in [6.07, 6.45) is 8.54. The molecule has 0 atom stereocenters. The first-order valence-corrected chi connectivity index (χ1v) is 8.24. The third-order valence-corrected chi connectivity index (χ3v) is 4.68. The lowest BCUT2D eigenvalue weighted by molar-refractivity contribution is 0.976. The van der Waals surface area contributed by atoms with Crippen molar-refractivity contribution in [3.8, 4) is 0 Å². The van der Waals surface area contributed by atoms with Crippen LogP contribution < -0.4 is 5.73 Å². The van der Waals surface area contributed by atoms with Gasteiger partial charge in [-0.15, -0.1) is 24.0 Å². The Morgan fingerprint density at radius 2 is 2.32 bits per heavy atom. The van der Waals surface area contributed by atoms with Crippen LogP contribution in [0.5, 0.6) is 0 Å². The molecule has 0 aromatic carbocycles. The number of rotatable bonds is 2. The van der Waals surface area contributed by atoms with Gasteiger partial charge in [0.05, 0.1) is 10.7 Å². The molecule has 7 heteroatoms. The van der Waals surface area contributed by atoms with Crippen molar-refractivity contribution in [2.45, 2.75) is 18.4 Å². The van der Waals surface area contributed by atoms with Crippen LogP contribution in [0.4, 0.5) is 0 Å². The summed E-state index contributed by atoms with van der Waals surface area (Å²) in [6.45, 7) is 2.64. The Hall–Kier alpha value is -1.83. The molecule has 0 fully saturated rings. The number of aromatic nitrogens is 4. The number of imidazole rings is 1. The van der Waals surface area contributed by atoms with Gasteiger partial charge in [-0.05, 0) is 31.5 Å². The number of thiol groups is 1. The summed E-state index contributed by atoms with van der Waals surface area (Å²) in [4.78, 5) is 12.5. The quantitative estimate of drug-likeness (QED) is 0.494. The zero-order valence-corrected chi connectivity index (χ0v) is 13.9. The molecular weight excluding hydrogens is 314 g/mol. The second-order valence-electron chi connectivity index (χ2n) is 4.85. The van der Waals surface area contributed by atoms with Crippen LogP contribution in [-0.2, 0) is 6.42 Å². The fourth-order valence-corrected chi connectivity index (χ4v) is 3.30. The number of aryl methyl sites for hydroxylation is 1. The largest absolute Gasteiger partial charge is 0.361 e. The lowest BCUT2D eigenvalue weighted by Gasteiger charge is -1.93. The minimum atomic E-state index is 0.682. The van der Waals surface area contributed by atoms with E-state index in [4.69, 9.17) is 5.73 Å². The van der Waals surface area contributed by atoms with E-state index in [1.165, 1.54) is 10.9 Å². The molecule has 4 rings (SSSR count). The third-order valence-electron chi connectivity index (χ3n) is 3.39. The molecular formula is C15H17N5S2. The molecule has 5 nitrogen and oxygen atoms in total. The second kappa shape index (κ2) is 6.51. The third kappa shape index (κ3) is 2.87. The summed E-state index contributed by atoms with van der Waals surface area (Å²) in [7, 11) is 0. The smallest absolute Gasteiger partial charge is 0.194 e. The monoisotopic (exact) mass is 331 g/mol. The van der Waals surface area contributed by atoms with Crippen LogP contribution in [0.1, 0.15) is 11.3 Å². The number of H-pyrrole nitrogens is 1. The molecule has 0 spiro atoms. The molecule has 0 aliphatic rings. The van der Waals surface area contributed by atoms with Gasteiger partial charge in [0.2, 0.25) is 0 Å². The zero-order valence-electron chi connectivity index (χ0n) is 12.2. The van der Waals surface area contributed by atoms with Crippen molar-refractivity contribution < 1.29 is 0 Å². The highest BCUT2D eigenvalue weighted by Gasteiger charge is 2.03. The molecule has 0 amide bonds. The summed E-state index contributed by atoms with van der Waals surface area (Å²) in [5.41, 5.74) is 8.86. The number of fused-ring (bicyclic) bond motifs is 2. The van der Waals surface area contributed by atoms with Crippen LogP contribution >= 0.6 is 24.0 Å². The molecule has 0 aliphatic carbocycles. The van der Waals surface area contributed by atoms with Gasteiger partial charge in [0.25, 0.3) is 0 Å². The first kappa shape index (κ1) is 15.1. The minimum absolute atomic E-state index is 0.682. The number of hydrogen-bond acceptors (Lipinski definition) is 5. The van der Waals surface area contributed by atoms with Gasteiger partial charge in [-0.1, -0.05) is 0 Å². The number of nitrogens with one attached hydrogen (secondary N) is 1. The van der Waals surface area contributed by atoms with Crippen LogP contribution in [0.15, 0.2) is 41.3 Å². The first-order chi connectivity index (χ1) is 10.7. The number of hydrogen-bond donors (Lipinski definition) is 3. The molecule has 4 heterocycles. The van der Waals surface area contributed by atoms with E-state index in [1.54, 1.807) is 17.5 Å². The van der Waals surface area contributed by atoms with Crippen LogP contribution in [0, 0.1) is 6.92 Å². The fourth-order valence-electron chi connectivity index (χ4n) is 2.26. The molecule has 0 aliphatic heterocycles. The Morgan fingerprint density at radius 1 is 1.45 bits per heavy atom. The highest BCUT2D eigenvalue weighted by atomic mass is 32.1. The number of nitrogens with zero attached hydrogens (tertiary/aromatic N) is 3. The Morgan fingerprint density at radius 3 is 3.09 bits per heavy atom. The fraction of sp³-hybridized carbons (Fsp3) is 0.200. The molecule has 114 valence electrons. The number of pyridine rings is 1. The van der Waals surface area contributed by atoms with E-state index < -0.39 is 0 Å². The molecule has 0 radical (unpaired) electrons. The maximum Gasteiger partial charge on any atom is 0.194 e. The van der Waals surface area contributed by atoms with Crippen molar-refractivity contribution in [1.82, 2.24) is 19.4 Å². The van der Waals surface area contributed by atoms with Crippen LogP contribution in [0.25, 0.3) is 15.9 Å². The van der Waals surface area contributed by atoms with Crippen LogP contribution in [0.2, 0.25) is 0 Å². The topological polar surface area (TPSA) is 72.0 Å². The second-order valence-corrected chi connectivity index (χ2v) is 6.15. The Labute approximate surface area is 137 Å². The van der Waals surface area contributed by atoms with Crippen molar-refractivity contribution in [3.05, 3.63) is 47.5 Å². The Bertz CT molecular complexity index is 890. The summed E-state index contributed by atoms with van der Waals surface area (Å²) in [5, 5.41) is 4.13. The highest BCUT2D eigenvalue weighted by molar-refractivity contribution is 7.80.